The van der Waals surface area contributed by atoms with Gasteiger partial charge in [0.15, 0.2) is 0 Å². The number of carbonyl (C=O) groups is 1. The van der Waals surface area contributed by atoms with Gasteiger partial charge < -0.3 is 14.6 Å². The molecule has 0 aliphatic heterocycles. The zero-order valence-corrected chi connectivity index (χ0v) is 11.7. The van der Waals surface area contributed by atoms with Gasteiger partial charge >= 0.3 is 5.97 Å². The minimum atomic E-state index is -1.06. The molecule has 2 rings (SSSR count). The average molecular weight is 277 g/mol. The third kappa shape index (κ3) is 3.18. The van der Waals surface area contributed by atoms with Gasteiger partial charge in [-0.2, -0.15) is 0 Å². The van der Waals surface area contributed by atoms with Gasteiger partial charge in [0.05, 0.1) is 6.61 Å². The molecule has 0 bridgehead atoms. The molecule has 1 heterocycles. The number of benzene rings is 1. The van der Waals surface area contributed by atoms with Crippen LogP contribution in [0.4, 0.5) is 0 Å². The summed E-state index contributed by atoms with van der Waals surface area (Å²) in [5.74, 6) is -1.11. The molecule has 0 saturated heterocycles. The Morgan fingerprint density at radius 1 is 1.35 bits per heavy atom. The number of furan rings is 1. The molecule has 1 aromatic heterocycles. The highest BCUT2D eigenvalue weighted by molar-refractivity contribution is 5.91. The zero-order valence-electron chi connectivity index (χ0n) is 11.7. The van der Waals surface area contributed by atoms with Crippen molar-refractivity contribution >= 4 is 16.9 Å². The number of fused-ring (bicyclic) bond motifs is 1. The number of carboxylic acids is 1. The molecule has 20 heavy (non-hydrogen) atoms. The third-order valence-corrected chi connectivity index (χ3v) is 3.29. The van der Waals surface area contributed by atoms with Crippen LogP contribution in [0, 0.1) is 0 Å². The maximum Gasteiger partial charge on any atom is 0.371 e. The fourth-order valence-corrected chi connectivity index (χ4v) is 2.18. The molecule has 5 heteroatoms. The SMILES string of the molecule is CC(C)N(CCO)Cc1ccc2oc(C(=O)O)cc2c1. The number of aliphatic hydroxyl groups excluding tert-OH is 1. The van der Waals surface area contributed by atoms with Crippen molar-refractivity contribution in [1.82, 2.24) is 4.90 Å². The van der Waals surface area contributed by atoms with E-state index in [1.54, 1.807) is 6.07 Å². The summed E-state index contributed by atoms with van der Waals surface area (Å²) in [6.45, 7) is 5.60. The van der Waals surface area contributed by atoms with Crippen LogP contribution in [0.2, 0.25) is 0 Å². The first-order chi connectivity index (χ1) is 9.51. The molecule has 0 spiro atoms. The van der Waals surface area contributed by atoms with E-state index in [2.05, 4.69) is 18.7 Å². The summed E-state index contributed by atoms with van der Waals surface area (Å²) in [5.41, 5.74) is 1.64. The molecule has 0 unspecified atom stereocenters. The quantitative estimate of drug-likeness (QED) is 0.847. The van der Waals surface area contributed by atoms with Crippen molar-refractivity contribution in [3.8, 4) is 0 Å². The van der Waals surface area contributed by atoms with Crippen LogP contribution in [0.1, 0.15) is 30.0 Å². The highest BCUT2D eigenvalue weighted by atomic mass is 16.4. The van der Waals surface area contributed by atoms with Crippen LogP contribution in [0.5, 0.6) is 0 Å². The van der Waals surface area contributed by atoms with Crippen molar-refractivity contribution in [3.63, 3.8) is 0 Å². The number of hydrogen-bond donors (Lipinski definition) is 2. The van der Waals surface area contributed by atoms with E-state index in [1.165, 1.54) is 6.07 Å². The first-order valence-electron chi connectivity index (χ1n) is 6.62. The number of aromatic carboxylic acids is 1. The molecule has 2 aromatic rings. The Labute approximate surface area is 117 Å². The van der Waals surface area contributed by atoms with Crippen LogP contribution in [0.25, 0.3) is 11.0 Å². The Hall–Kier alpha value is -1.85. The smallest absolute Gasteiger partial charge is 0.371 e. The van der Waals surface area contributed by atoms with Gasteiger partial charge in [-0.15, -0.1) is 0 Å². The van der Waals surface area contributed by atoms with Gasteiger partial charge in [-0.3, -0.25) is 4.90 Å². The lowest BCUT2D eigenvalue weighted by Gasteiger charge is -2.25. The Balaban J connectivity index is 2.24. The second kappa shape index (κ2) is 6.07. The topological polar surface area (TPSA) is 73.9 Å². The minimum absolute atomic E-state index is 0.0479. The molecular formula is C15H19NO4. The number of hydrogen-bond acceptors (Lipinski definition) is 4. The number of carboxylic acid groups (broad SMARTS) is 1. The van der Waals surface area contributed by atoms with Gasteiger partial charge in [0, 0.05) is 24.5 Å². The third-order valence-electron chi connectivity index (χ3n) is 3.29. The lowest BCUT2D eigenvalue weighted by molar-refractivity contribution is 0.0665. The fourth-order valence-electron chi connectivity index (χ4n) is 2.18. The van der Waals surface area contributed by atoms with Gasteiger partial charge in [-0.1, -0.05) is 6.07 Å². The van der Waals surface area contributed by atoms with Crippen LogP contribution in [-0.4, -0.2) is 40.3 Å². The van der Waals surface area contributed by atoms with Crippen LogP contribution >= 0.6 is 0 Å². The molecule has 5 nitrogen and oxygen atoms in total. The second-order valence-electron chi connectivity index (χ2n) is 5.08. The van der Waals surface area contributed by atoms with E-state index in [-0.39, 0.29) is 12.4 Å². The van der Waals surface area contributed by atoms with Crippen LogP contribution in [-0.2, 0) is 6.54 Å². The fraction of sp³-hybridized carbons (Fsp3) is 0.400. The largest absolute Gasteiger partial charge is 0.475 e. The molecule has 0 atom stereocenters. The molecule has 0 fully saturated rings. The zero-order chi connectivity index (χ0) is 14.7. The van der Waals surface area contributed by atoms with E-state index >= 15 is 0 Å². The Morgan fingerprint density at radius 3 is 2.70 bits per heavy atom. The molecule has 0 aliphatic carbocycles. The van der Waals surface area contributed by atoms with Crippen molar-refractivity contribution in [2.24, 2.45) is 0 Å². The predicted octanol–water partition coefficient (Wildman–Crippen LogP) is 2.33. The standard InChI is InChI=1S/C15H19NO4/c1-10(2)16(5-6-17)9-11-3-4-13-12(7-11)8-14(20-13)15(18)19/h3-4,7-8,10,17H,5-6,9H2,1-2H3,(H,18,19). The van der Waals surface area contributed by atoms with Crippen molar-refractivity contribution in [2.75, 3.05) is 13.2 Å². The summed E-state index contributed by atoms with van der Waals surface area (Å²) in [4.78, 5) is 13.0. The maximum atomic E-state index is 10.9. The van der Waals surface area contributed by atoms with Crippen LogP contribution < -0.4 is 0 Å². The summed E-state index contributed by atoms with van der Waals surface area (Å²) >= 11 is 0. The maximum absolute atomic E-state index is 10.9. The van der Waals surface area contributed by atoms with Crippen molar-refractivity contribution in [2.45, 2.75) is 26.4 Å². The van der Waals surface area contributed by atoms with Crippen LogP contribution in [0.3, 0.4) is 0 Å². The number of aliphatic hydroxyl groups is 1. The van der Waals surface area contributed by atoms with Gasteiger partial charge in [0.2, 0.25) is 5.76 Å². The number of nitrogens with zero attached hydrogens (tertiary/aromatic N) is 1. The Kier molecular flexibility index (Phi) is 4.42. The summed E-state index contributed by atoms with van der Waals surface area (Å²) in [6.07, 6.45) is 0. The summed E-state index contributed by atoms with van der Waals surface area (Å²) in [7, 11) is 0. The Morgan fingerprint density at radius 2 is 2.10 bits per heavy atom. The van der Waals surface area contributed by atoms with Gasteiger partial charge in [-0.05, 0) is 37.6 Å². The van der Waals surface area contributed by atoms with Gasteiger partial charge in [0.1, 0.15) is 5.58 Å². The van der Waals surface area contributed by atoms with E-state index < -0.39 is 5.97 Å². The lowest BCUT2D eigenvalue weighted by atomic mass is 10.1. The predicted molar refractivity (Wildman–Crippen MR) is 75.8 cm³/mol. The van der Waals surface area contributed by atoms with E-state index in [9.17, 15) is 4.79 Å². The normalized spacial score (nSPS) is 11.7. The summed E-state index contributed by atoms with van der Waals surface area (Å²) in [6, 6.07) is 7.50. The van der Waals surface area contributed by atoms with Crippen molar-refractivity contribution in [3.05, 3.63) is 35.6 Å². The van der Waals surface area contributed by atoms with Gasteiger partial charge in [-0.25, -0.2) is 4.79 Å². The van der Waals surface area contributed by atoms with E-state index in [1.807, 2.05) is 12.1 Å². The van der Waals surface area contributed by atoms with Crippen molar-refractivity contribution in [1.29, 1.82) is 0 Å². The van der Waals surface area contributed by atoms with Gasteiger partial charge in [0.25, 0.3) is 0 Å². The molecule has 0 aliphatic rings. The highest BCUT2D eigenvalue weighted by Gasteiger charge is 2.13. The molecular weight excluding hydrogens is 258 g/mol. The monoisotopic (exact) mass is 277 g/mol. The molecule has 0 saturated carbocycles. The molecule has 1 aromatic carbocycles. The minimum Gasteiger partial charge on any atom is -0.475 e. The Bertz CT molecular complexity index is 603. The lowest BCUT2D eigenvalue weighted by Crippen LogP contribution is -2.32. The van der Waals surface area contributed by atoms with Crippen LogP contribution in [0.15, 0.2) is 28.7 Å². The highest BCUT2D eigenvalue weighted by Crippen LogP contribution is 2.22. The van der Waals surface area contributed by atoms with E-state index in [0.29, 0.717) is 24.7 Å². The molecule has 108 valence electrons. The van der Waals surface area contributed by atoms with E-state index in [4.69, 9.17) is 14.6 Å². The molecule has 0 amide bonds. The summed E-state index contributed by atoms with van der Waals surface area (Å²) < 4.78 is 5.23. The first kappa shape index (κ1) is 14.6. The first-order valence-corrected chi connectivity index (χ1v) is 6.62. The average Bonchev–Trinajstić information content (AvgIpc) is 2.81. The summed E-state index contributed by atoms with van der Waals surface area (Å²) in [5, 5.41) is 18.8. The van der Waals surface area contributed by atoms with Crippen molar-refractivity contribution < 1.29 is 19.4 Å². The second-order valence-corrected chi connectivity index (χ2v) is 5.08. The molecule has 2 N–H and O–H groups in total. The number of rotatable bonds is 6. The van der Waals surface area contributed by atoms with E-state index in [0.717, 1.165) is 10.9 Å². The molecule has 0 radical (unpaired) electrons.